The third-order valence-corrected chi connectivity index (χ3v) is 4.25. The number of nitrogens with zero attached hydrogens (tertiary/aromatic N) is 4. The molecule has 1 aliphatic heterocycles. The molecule has 1 fully saturated rings. The van der Waals surface area contributed by atoms with E-state index in [2.05, 4.69) is 15.2 Å². The van der Waals surface area contributed by atoms with Gasteiger partial charge in [-0.05, 0) is 24.3 Å². The van der Waals surface area contributed by atoms with Gasteiger partial charge in [0.05, 0.1) is 17.6 Å². The Morgan fingerprint density at radius 2 is 1.84 bits per heavy atom. The molecule has 7 heteroatoms. The standard InChI is InChI=1S/C18H23N5O2/c1-21(2)17-8-7-14(13-19-17)20-18(25)23-11-9-22(10-12-23)15-5-3-4-6-16(15)24/h3-8,13,24H,9-12H2,1-2H3,(H,20,25). The fourth-order valence-corrected chi connectivity index (χ4v) is 2.81. The first-order valence-electron chi connectivity index (χ1n) is 8.27. The molecule has 0 spiro atoms. The first-order chi connectivity index (χ1) is 12.0. The molecule has 0 aliphatic carbocycles. The lowest BCUT2D eigenvalue weighted by atomic mass is 10.2. The van der Waals surface area contributed by atoms with Gasteiger partial charge in [-0.15, -0.1) is 0 Å². The van der Waals surface area contributed by atoms with Gasteiger partial charge in [-0.2, -0.15) is 0 Å². The summed E-state index contributed by atoms with van der Waals surface area (Å²) < 4.78 is 0. The molecule has 132 valence electrons. The molecule has 25 heavy (non-hydrogen) atoms. The number of phenolic OH excluding ortho intramolecular Hbond substituents is 1. The van der Waals surface area contributed by atoms with Crippen molar-refractivity contribution >= 4 is 23.2 Å². The van der Waals surface area contributed by atoms with Crippen LogP contribution in [0.15, 0.2) is 42.6 Å². The number of nitrogens with one attached hydrogen (secondary N) is 1. The Morgan fingerprint density at radius 3 is 2.44 bits per heavy atom. The van der Waals surface area contributed by atoms with E-state index >= 15 is 0 Å². The summed E-state index contributed by atoms with van der Waals surface area (Å²) in [5, 5.41) is 12.8. The van der Waals surface area contributed by atoms with Gasteiger partial charge in [0.1, 0.15) is 11.6 Å². The molecule has 1 saturated heterocycles. The summed E-state index contributed by atoms with van der Waals surface area (Å²) in [6, 6.07) is 10.9. The first-order valence-corrected chi connectivity index (χ1v) is 8.27. The van der Waals surface area contributed by atoms with Gasteiger partial charge in [-0.25, -0.2) is 9.78 Å². The maximum atomic E-state index is 12.4. The van der Waals surface area contributed by atoms with Gasteiger partial charge in [0.15, 0.2) is 0 Å². The Kier molecular flexibility index (Phi) is 4.92. The van der Waals surface area contributed by atoms with Crippen molar-refractivity contribution in [1.82, 2.24) is 9.88 Å². The van der Waals surface area contributed by atoms with Crippen LogP contribution in [-0.4, -0.2) is 61.3 Å². The number of pyridine rings is 1. The molecule has 1 aromatic heterocycles. The number of aromatic hydroxyl groups is 1. The molecule has 1 aliphatic rings. The molecule has 0 atom stereocenters. The maximum Gasteiger partial charge on any atom is 0.322 e. The number of hydrogen-bond donors (Lipinski definition) is 2. The second kappa shape index (κ2) is 7.29. The quantitative estimate of drug-likeness (QED) is 0.896. The van der Waals surface area contributed by atoms with Crippen molar-refractivity contribution in [2.45, 2.75) is 0 Å². The van der Waals surface area contributed by atoms with Crippen LogP contribution in [0, 0.1) is 0 Å². The van der Waals surface area contributed by atoms with Gasteiger partial charge in [0.25, 0.3) is 0 Å². The van der Waals surface area contributed by atoms with Crippen molar-refractivity contribution in [3.8, 4) is 5.75 Å². The number of urea groups is 1. The highest BCUT2D eigenvalue weighted by atomic mass is 16.3. The lowest BCUT2D eigenvalue weighted by Crippen LogP contribution is -2.50. The highest BCUT2D eigenvalue weighted by Crippen LogP contribution is 2.27. The van der Waals surface area contributed by atoms with Crippen molar-refractivity contribution < 1.29 is 9.90 Å². The van der Waals surface area contributed by atoms with Crippen molar-refractivity contribution in [3.63, 3.8) is 0 Å². The van der Waals surface area contributed by atoms with E-state index < -0.39 is 0 Å². The lowest BCUT2D eigenvalue weighted by molar-refractivity contribution is 0.208. The summed E-state index contributed by atoms with van der Waals surface area (Å²) in [6.07, 6.45) is 1.66. The van der Waals surface area contributed by atoms with E-state index in [1.165, 1.54) is 0 Å². The predicted molar refractivity (Wildman–Crippen MR) is 99.5 cm³/mol. The first kappa shape index (κ1) is 16.9. The second-order valence-electron chi connectivity index (χ2n) is 6.19. The molecule has 2 heterocycles. The van der Waals surface area contributed by atoms with Crippen molar-refractivity contribution in [2.24, 2.45) is 0 Å². The molecular formula is C18H23N5O2. The average Bonchev–Trinajstić information content (AvgIpc) is 2.63. The smallest absolute Gasteiger partial charge is 0.322 e. The zero-order valence-corrected chi connectivity index (χ0v) is 14.5. The number of carbonyl (C=O) groups is 1. The minimum Gasteiger partial charge on any atom is -0.506 e. The number of hydrogen-bond acceptors (Lipinski definition) is 5. The average molecular weight is 341 g/mol. The minimum atomic E-state index is -0.128. The molecule has 0 radical (unpaired) electrons. The van der Waals surface area contributed by atoms with Crippen LogP contribution in [0.3, 0.4) is 0 Å². The number of rotatable bonds is 3. The van der Waals surface area contributed by atoms with Crippen LogP contribution in [0.2, 0.25) is 0 Å². The number of piperazine rings is 1. The molecule has 2 aromatic rings. The Labute approximate surface area is 147 Å². The highest BCUT2D eigenvalue weighted by molar-refractivity contribution is 5.89. The molecule has 3 rings (SSSR count). The van der Waals surface area contributed by atoms with E-state index in [0.29, 0.717) is 31.9 Å². The van der Waals surface area contributed by atoms with E-state index in [1.54, 1.807) is 23.2 Å². The lowest BCUT2D eigenvalue weighted by Gasteiger charge is -2.36. The summed E-state index contributed by atoms with van der Waals surface area (Å²) >= 11 is 0. The number of anilines is 3. The van der Waals surface area contributed by atoms with Gasteiger partial charge >= 0.3 is 6.03 Å². The molecule has 2 amide bonds. The number of carbonyl (C=O) groups excluding carboxylic acids is 1. The zero-order chi connectivity index (χ0) is 17.8. The number of amides is 2. The molecule has 0 saturated carbocycles. The summed E-state index contributed by atoms with van der Waals surface area (Å²) in [5.74, 6) is 1.11. The van der Waals surface area contributed by atoms with Crippen LogP contribution in [0.4, 0.5) is 22.0 Å². The normalized spacial score (nSPS) is 14.3. The van der Waals surface area contributed by atoms with Crippen LogP contribution >= 0.6 is 0 Å². The second-order valence-corrected chi connectivity index (χ2v) is 6.19. The van der Waals surface area contributed by atoms with Gasteiger partial charge in [0, 0.05) is 40.3 Å². The van der Waals surface area contributed by atoms with Crippen LogP contribution in [-0.2, 0) is 0 Å². The van der Waals surface area contributed by atoms with Gasteiger partial charge in [-0.1, -0.05) is 12.1 Å². The Morgan fingerprint density at radius 1 is 1.12 bits per heavy atom. The zero-order valence-electron chi connectivity index (χ0n) is 14.5. The number of aromatic nitrogens is 1. The summed E-state index contributed by atoms with van der Waals surface area (Å²) in [5.41, 5.74) is 1.49. The third-order valence-electron chi connectivity index (χ3n) is 4.25. The summed E-state index contributed by atoms with van der Waals surface area (Å²) in [4.78, 5) is 22.5. The van der Waals surface area contributed by atoms with Crippen LogP contribution in [0.5, 0.6) is 5.75 Å². The van der Waals surface area contributed by atoms with E-state index in [1.807, 2.05) is 43.3 Å². The van der Waals surface area contributed by atoms with Crippen molar-refractivity contribution in [1.29, 1.82) is 0 Å². The number of para-hydroxylation sites is 2. The van der Waals surface area contributed by atoms with E-state index in [9.17, 15) is 9.90 Å². The Balaban J connectivity index is 1.55. The van der Waals surface area contributed by atoms with Crippen LogP contribution < -0.4 is 15.1 Å². The fourth-order valence-electron chi connectivity index (χ4n) is 2.81. The molecular weight excluding hydrogens is 318 g/mol. The summed E-state index contributed by atoms with van der Waals surface area (Å²) in [6.45, 7) is 2.57. The largest absolute Gasteiger partial charge is 0.506 e. The van der Waals surface area contributed by atoms with E-state index in [0.717, 1.165) is 11.5 Å². The van der Waals surface area contributed by atoms with Gasteiger partial charge in [0.2, 0.25) is 0 Å². The molecule has 2 N–H and O–H groups in total. The molecule has 7 nitrogen and oxygen atoms in total. The van der Waals surface area contributed by atoms with E-state index in [4.69, 9.17) is 0 Å². The Hall–Kier alpha value is -2.96. The topological polar surface area (TPSA) is 71.9 Å². The summed E-state index contributed by atoms with van der Waals surface area (Å²) in [7, 11) is 3.84. The van der Waals surface area contributed by atoms with Gasteiger partial charge < -0.3 is 25.1 Å². The third kappa shape index (κ3) is 3.93. The van der Waals surface area contributed by atoms with Crippen molar-refractivity contribution in [3.05, 3.63) is 42.6 Å². The fraction of sp³-hybridized carbons (Fsp3) is 0.333. The SMILES string of the molecule is CN(C)c1ccc(NC(=O)N2CCN(c3ccccc3O)CC2)cn1. The van der Waals surface area contributed by atoms with Crippen LogP contribution in [0.25, 0.3) is 0 Å². The van der Waals surface area contributed by atoms with Crippen molar-refractivity contribution in [2.75, 3.05) is 55.4 Å². The highest BCUT2D eigenvalue weighted by Gasteiger charge is 2.22. The molecule has 0 unspecified atom stereocenters. The maximum absolute atomic E-state index is 12.4. The minimum absolute atomic E-state index is 0.128. The molecule has 0 bridgehead atoms. The van der Waals surface area contributed by atoms with Crippen LogP contribution in [0.1, 0.15) is 0 Å². The Bertz CT molecular complexity index is 725. The number of benzene rings is 1. The monoisotopic (exact) mass is 341 g/mol. The van der Waals surface area contributed by atoms with Gasteiger partial charge in [-0.3, -0.25) is 0 Å². The number of phenols is 1. The predicted octanol–water partition coefficient (Wildman–Crippen LogP) is 2.21. The van der Waals surface area contributed by atoms with E-state index in [-0.39, 0.29) is 11.8 Å². The molecule has 1 aromatic carbocycles.